The SMILES string of the molecule is Cc1ccc(S(=O)(=O)Nc2cc3cn(C)nc3cc2Cl)cc1. The third kappa shape index (κ3) is 2.80. The Hall–Kier alpha value is -2.05. The molecule has 1 heterocycles. The van der Waals surface area contributed by atoms with E-state index in [0.29, 0.717) is 16.2 Å². The van der Waals surface area contributed by atoms with Crippen LogP contribution in [0.2, 0.25) is 5.02 Å². The summed E-state index contributed by atoms with van der Waals surface area (Å²) in [4.78, 5) is 0.195. The van der Waals surface area contributed by atoms with Crippen molar-refractivity contribution in [2.75, 3.05) is 4.72 Å². The standard InChI is InChI=1S/C15H14ClN3O2S/c1-10-3-5-12(6-4-10)22(20,21)18-15-7-11-9-19(2)17-14(11)8-13(15)16/h3-9,18H,1-2H3. The van der Waals surface area contributed by atoms with Crippen molar-refractivity contribution in [1.29, 1.82) is 0 Å². The molecule has 1 aromatic heterocycles. The highest BCUT2D eigenvalue weighted by Gasteiger charge is 2.16. The average Bonchev–Trinajstić information content (AvgIpc) is 2.78. The Kier molecular flexibility index (Phi) is 3.58. The van der Waals surface area contributed by atoms with E-state index in [2.05, 4.69) is 9.82 Å². The zero-order chi connectivity index (χ0) is 15.9. The van der Waals surface area contributed by atoms with Crippen molar-refractivity contribution in [3.63, 3.8) is 0 Å². The van der Waals surface area contributed by atoms with Crippen molar-refractivity contribution in [2.45, 2.75) is 11.8 Å². The number of aromatic nitrogens is 2. The third-order valence-electron chi connectivity index (χ3n) is 3.28. The topological polar surface area (TPSA) is 64.0 Å². The summed E-state index contributed by atoms with van der Waals surface area (Å²) in [5.74, 6) is 0. The van der Waals surface area contributed by atoms with Gasteiger partial charge in [-0.15, -0.1) is 0 Å². The molecule has 3 rings (SSSR count). The van der Waals surface area contributed by atoms with Gasteiger partial charge < -0.3 is 0 Å². The molecule has 0 saturated heterocycles. The lowest BCUT2D eigenvalue weighted by molar-refractivity contribution is 0.601. The van der Waals surface area contributed by atoms with Crippen LogP contribution in [-0.2, 0) is 17.1 Å². The predicted molar refractivity (Wildman–Crippen MR) is 87.7 cm³/mol. The van der Waals surface area contributed by atoms with Gasteiger partial charge in [0.25, 0.3) is 10.0 Å². The number of halogens is 1. The zero-order valence-corrected chi connectivity index (χ0v) is 13.6. The fraction of sp³-hybridized carbons (Fsp3) is 0.133. The number of nitrogens with one attached hydrogen (secondary N) is 1. The molecule has 0 aliphatic rings. The molecule has 0 unspecified atom stereocenters. The van der Waals surface area contributed by atoms with Crippen LogP contribution in [0.1, 0.15) is 5.56 Å². The van der Waals surface area contributed by atoms with E-state index in [-0.39, 0.29) is 4.90 Å². The van der Waals surface area contributed by atoms with Gasteiger partial charge in [0.2, 0.25) is 0 Å². The van der Waals surface area contributed by atoms with Gasteiger partial charge in [0.1, 0.15) is 0 Å². The third-order valence-corrected chi connectivity index (χ3v) is 4.98. The van der Waals surface area contributed by atoms with Gasteiger partial charge in [-0.1, -0.05) is 29.3 Å². The van der Waals surface area contributed by atoms with Gasteiger partial charge in [0.05, 0.1) is 21.1 Å². The van der Waals surface area contributed by atoms with Crippen LogP contribution in [-0.4, -0.2) is 18.2 Å². The highest BCUT2D eigenvalue weighted by atomic mass is 35.5. The van der Waals surface area contributed by atoms with Gasteiger partial charge >= 0.3 is 0 Å². The lowest BCUT2D eigenvalue weighted by atomic mass is 10.2. The van der Waals surface area contributed by atoms with Gasteiger partial charge in [0.15, 0.2) is 0 Å². The van der Waals surface area contributed by atoms with Crippen molar-refractivity contribution in [3.8, 4) is 0 Å². The Labute approximate surface area is 133 Å². The van der Waals surface area contributed by atoms with Crippen molar-refractivity contribution in [3.05, 3.63) is 53.2 Å². The minimum Gasteiger partial charge on any atom is -0.278 e. The first-order chi connectivity index (χ1) is 10.3. The summed E-state index contributed by atoms with van der Waals surface area (Å²) in [6, 6.07) is 9.95. The molecule has 0 saturated carbocycles. The molecule has 0 bridgehead atoms. The highest BCUT2D eigenvalue weighted by molar-refractivity contribution is 7.92. The largest absolute Gasteiger partial charge is 0.278 e. The van der Waals surface area contributed by atoms with E-state index in [9.17, 15) is 8.42 Å². The normalized spacial score (nSPS) is 11.8. The van der Waals surface area contributed by atoms with E-state index in [4.69, 9.17) is 11.6 Å². The van der Waals surface area contributed by atoms with E-state index < -0.39 is 10.0 Å². The summed E-state index contributed by atoms with van der Waals surface area (Å²) in [5.41, 5.74) is 2.04. The number of fused-ring (bicyclic) bond motifs is 1. The average molecular weight is 336 g/mol. The Balaban J connectivity index is 2.01. The van der Waals surface area contributed by atoms with Crippen molar-refractivity contribution in [1.82, 2.24) is 9.78 Å². The molecule has 0 fully saturated rings. The monoisotopic (exact) mass is 335 g/mol. The molecule has 0 radical (unpaired) electrons. The van der Waals surface area contributed by atoms with Crippen LogP contribution in [0.5, 0.6) is 0 Å². The first kappa shape index (κ1) is 14.9. The highest BCUT2D eigenvalue weighted by Crippen LogP contribution is 2.29. The van der Waals surface area contributed by atoms with E-state index in [1.165, 1.54) is 0 Å². The molecule has 7 heteroatoms. The molecule has 3 aromatic rings. The molecular weight excluding hydrogens is 322 g/mol. The van der Waals surface area contributed by atoms with E-state index in [1.54, 1.807) is 54.3 Å². The zero-order valence-electron chi connectivity index (χ0n) is 12.0. The smallest absolute Gasteiger partial charge is 0.261 e. The maximum atomic E-state index is 12.4. The lowest BCUT2D eigenvalue weighted by Crippen LogP contribution is -2.13. The maximum Gasteiger partial charge on any atom is 0.261 e. The van der Waals surface area contributed by atoms with Gasteiger partial charge in [-0.05, 0) is 31.2 Å². The van der Waals surface area contributed by atoms with E-state index >= 15 is 0 Å². The number of rotatable bonds is 3. The molecule has 114 valence electrons. The predicted octanol–water partition coefficient (Wildman–Crippen LogP) is 3.34. The molecule has 5 nitrogen and oxygen atoms in total. The first-order valence-corrected chi connectivity index (χ1v) is 8.44. The molecule has 2 aromatic carbocycles. The van der Waals surface area contributed by atoms with Crippen molar-refractivity contribution < 1.29 is 8.42 Å². The Morgan fingerprint density at radius 3 is 2.55 bits per heavy atom. The summed E-state index contributed by atoms with van der Waals surface area (Å²) in [7, 11) is -1.88. The molecule has 0 spiro atoms. The minimum atomic E-state index is -3.68. The van der Waals surface area contributed by atoms with Gasteiger partial charge in [0, 0.05) is 18.6 Å². The summed E-state index contributed by atoms with van der Waals surface area (Å²) in [6.45, 7) is 1.90. The lowest BCUT2D eigenvalue weighted by Gasteiger charge is -2.10. The fourth-order valence-corrected chi connectivity index (χ4v) is 3.50. The molecule has 22 heavy (non-hydrogen) atoms. The maximum absolute atomic E-state index is 12.4. The van der Waals surface area contributed by atoms with Crippen molar-refractivity contribution >= 4 is 38.2 Å². The number of hydrogen-bond donors (Lipinski definition) is 1. The molecular formula is C15H14ClN3O2S. The Bertz CT molecular complexity index is 947. The van der Waals surface area contributed by atoms with E-state index in [0.717, 1.165) is 10.9 Å². The number of anilines is 1. The molecule has 0 atom stereocenters. The van der Waals surface area contributed by atoms with Gasteiger partial charge in [-0.2, -0.15) is 5.10 Å². The van der Waals surface area contributed by atoms with Crippen LogP contribution in [0.3, 0.4) is 0 Å². The van der Waals surface area contributed by atoms with E-state index in [1.807, 2.05) is 6.92 Å². The van der Waals surface area contributed by atoms with Crippen LogP contribution in [0, 0.1) is 6.92 Å². The second kappa shape index (κ2) is 5.30. The molecule has 0 aliphatic carbocycles. The van der Waals surface area contributed by atoms with Gasteiger partial charge in [-0.25, -0.2) is 8.42 Å². The fourth-order valence-electron chi connectivity index (χ4n) is 2.17. The van der Waals surface area contributed by atoms with Crippen LogP contribution >= 0.6 is 11.6 Å². The number of benzene rings is 2. The summed E-state index contributed by atoms with van der Waals surface area (Å²) in [6.07, 6.45) is 1.80. The second-order valence-electron chi connectivity index (χ2n) is 5.11. The molecule has 0 aliphatic heterocycles. The molecule has 0 amide bonds. The van der Waals surface area contributed by atoms with Crippen LogP contribution in [0.25, 0.3) is 10.9 Å². The summed E-state index contributed by atoms with van der Waals surface area (Å²) >= 11 is 6.16. The Morgan fingerprint density at radius 1 is 1.18 bits per heavy atom. The number of nitrogens with zero attached hydrogens (tertiary/aromatic N) is 2. The number of hydrogen-bond acceptors (Lipinski definition) is 3. The van der Waals surface area contributed by atoms with Crippen LogP contribution < -0.4 is 4.72 Å². The number of sulfonamides is 1. The van der Waals surface area contributed by atoms with Crippen LogP contribution in [0.4, 0.5) is 5.69 Å². The second-order valence-corrected chi connectivity index (χ2v) is 7.20. The first-order valence-electron chi connectivity index (χ1n) is 6.57. The summed E-state index contributed by atoms with van der Waals surface area (Å²) < 4.78 is 29.0. The van der Waals surface area contributed by atoms with Crippen molar-refractivity contribution in [2.24, 2.45) is 7.05 Å². The van der Waals surface area contributed by atoms with Gasteiger partial charge in [-0.3, -0.25) is 9.40 Å². The van der Waals surface area contributed by atoms with Crippen LogP contribution in [0.15, 0.2) is 47.5 Å². The number of aryl methyl sites for hydroxylation is 2. The Morgan fingerprint density at radius 2 is 1.86 bits per heavy atom. The quantitative estimate of drug-likeness (QED) is 0.798. The summed E-state index contributed by atoms with van der Waals surface area (Å²) in [5, 5.41) is 5.36. The minimum absolute atomic E-state index is 0.195. The molecule has 1 N–H and O–H groups in total.